The Morgan fingerprint density at radius 2 is 1.17 bits per heavy atom. The highest BCUT2D eigenvalue weighted by Crippen LogP contribution is 1.95. The van der Waals surface area contributed by atoms with Gasteiger partial charge in [-0.1, -0.05) is 6.92 Å². The van der Waals surface area contributed by atoms with Crippen LogP contribution in [0.15, 0.2) is 0 Å². The molecular weight excluding hydrogens is 364 g/mol. The van der Waals surface area contributed by atoms with Gasteiger partial charge in [-0.05, 0) is 5.92 Å². The molecule has 0 rings (SSSR count). The summed E-state index contributed by atoms with van der Waals surface area (Å²) < 4.78 is 51.8. The summed E-state index contributed by atoms with van der Waals surface area (Å²) in [6.45, 7) is 1.92. The van der Waals surface area contributed by atoms with Crippen LogP contribution in [0.25, 0.3) is 0 Å². The van der Waals surface area contributed by atoms with E-state index in [2.05, 4.69) is 19.0 Å². The van der Waals surface area contributed by atoms with E-state index >= 15 is 0 Å². The highest BCUT2D eigenvalue weighted by atomic mass is 32.2. The fourth-order valence-electron chi connectivity index (χ4n) is 1.40. The Labute approximate surface area is 142 Å². The number of amides is 2. The minimum atomic E-state index is -3.56. The Morgan fingerprint density at radius 3 is 1.46 bits per heavy atom. The van der Waals surface area contributed by atoms with Crippen LogP contribution >= 0.6 is 0 Å². The standard InChI is InChI=1S/C12H24N2O8S2/c1-10(8-13-11(15)4-6-21-23(2,17)18)9-14-12(16)5-7-22-24(3,19)20/h10H,4-9H2,1-3H3,(H,13,15)(H,14,16). The fraction of sp³-hybridized carbons (Fsp3) is 0.833. The molecule has 0 aliphatic heterocycles. The maximum atomic E-state index is 11.5. The Hall–Kier alpha value is -1.24. The molecule has 10 nitrogen and oxygen atoms in total. The van der Waals surface area contributed by atoms with E-state index in [0.29, 0.717) is 0 Å². The maximum Gasteiger partial charge on any atom is 0.264 e. The van der Waals surface area contributed by atoms with Crippen molar-refractivity contribution in [2.45, 2.75) is 19.8 Å². The van der Waals surface area contributed by atoms with Crippen LogP contribution in [0.1, 0.15) is 19.8 Å². The zero-order valence-electron chi connectivity index (χ0n) is 13.9. The van der Waals surface area contributed by atoms with Gasteiger partial charge in [-0.15, -0.1) is 0 Å². The minimum absolute atomic E-state index is 0.0652. The molecule has 0 aliphatic rings. The van der Waals surface area contributed by atoms with Gasteiger partial charge >= 0.3 is 0 Å². The molecule has 0 heterocycles. The molecule has 2 N–H and O–H groups in total. The molecule has 0 aromatic rings. The molecule has 24 heavy (non-hydrogen) atoms. The molecule has 142 valence electrons. The quantitative estimate of drug-likeness (QED) is 0.388. The first-order valence-electron chi connectivity index (χ1n) is 7.11. The van der Waals surface area contributed by atoms with Crippen LogP contribution in [-0.4, -0.2) is 67.5 Å². The van der Waals surface area contributed by atoms with Gasteiger partial charge in [-0.25, -0.2) is 0 Å². The van der Waals surface area contributed by atoms with Crippen LogP contribution in [0.3, 0.4) is 0 Å². The molecule has 12 heteroatoms. The normalized spacial score (nSPS) is 12.2. The van der Waals surface area contributed by atoms with Gasteiger partial charge in [0.05, 0.1) is 38.6 Å². The molecule has 0 aromatic heterocycles. The third-order valence-electron chi connectivity index (χ3n) is 2.55. The van der Waals surface area contributed by atoms with Crippen LogP contribution in [0.4, 0.5) is 0 Å². The summed E-state index contributed by atoms with van der Waals surface area (Å²) >= 11 is 0. The van der Waals surface area contributed by atoms with Gasteiger partial charge in [-0.2, -0.15) is 16.8 Å². The Morgan fingerprint density at radius 1 is 0.833 bits per heavy atom. The molecular formula is C12H24N2O8S2. The minimum Gasteiger partial charge on any atom is -0.356 e. The van der Waals surface area contributed by atoms with E-state index < -0.39 is 20.2 Å². The molecule has 0 spiro atoms. The van der Waals surface area contributed by atoms with Gasteiger partial charge in [0.2, 0.25) is 11.8 Å². The number of rotatable bonds is 12. The second-order valence-corrected chi connectivity index (χ2v) is 8.55. The van der Waals surface area contributed by atoms with Crippen LogP contribution < -0.4 is 10.6 Å². The van der Waals surface area contributed by atoms with E-state index in [1.807, 2.05) is 0 Å². The smallest absolute Gasteiger partial charge is 0.264 e. The first kappa shape index (κ1) is 22.8. The average Bonchev–Trinajstić information content (AvgIpc) is 2.40. The van der Waals surface area contributed by atoms with E-state index in [1.54, 1.807) is 6.92 Å². The monoisotopic (exact) mass is 388 g/mol. The van der Waals surface area contributed by atoms with Crippen molar-refractivity contribution < 1.29 is 34.8 Å². The van der Waals surface area contributed by atoms with Crippen molar-refractivity contribution in [2.75, 3.05) is 38.8 Å². The lowest BCUT2D eigenvalue weighted by Gasteiger charge is -2.13. The van der Waals surface area contributed by atoms with Gasteiger partial charge in [0.15, 0.2) is 0 Å². The molecule has 0 unspecified atom stereocenters. The fourth-order valence-corrected chi connectivity index (χ4v) is 2.17. The summed E-state index contributed by atoms with van der Waals surface area (Å²) in [5.74, 6) is -0.790. The Balaban J connectivity index is 3.80. The number of hydrogen-bond acceptors (Lipinski definition) is 8. The predicted octanol–water partition coefficient (Wildman–Crippen LogP) is -1.41. The summed E-state index contributed by atoms with van der Waals surface area (Å²) in [6, 6.07) is 0. The number of carbonyl (C=O) groups is 2. The van der Waals surface area contributed by atoms with E-state index in [1.165, 1.54) is 0 Å². The van der Waals surface area contributed by atoms with Crippen molar-refractivity contribution in [1.82, 2.24) is 10.6 Å². The van der Waals surface area contributed by atoms with Crippen LogP contribution in [0.2, 0.25) is 0 Å². The van der Waals surface area contributed by atoms with Crippen LogP contribution in [0, 0.1) is 5.92 Å². The van der Waals surface area contributed by atoms with Gasteiger partial charge in [0.25, 0.3) is 20.2 Å². The summed E-state index contributed by atoms with van der Waals surface area (Å²) in [5, 5.41) is 5.17. The van der Waals surface area contributed by atoms with Gasteiger partial charge in [0, 0.05) is 13.1 Å². The topological polar surface area (TPSA) is 145 Å². The van der Waals surface area contributed by atoms with E-state index in [9.17, 15) is 26.4 Å². The lowest BCUT2D eigenvalue weighted by atomic mass is 10.2. The van der Waals surface area contributed by atoms with E-state index in [0.717, 1.165) is 12.5 Å². The SMILES string of the molecule is CC(CNC(=O)CCOS(C)(=O)=O)CNC(=O)CCOS(C)(=O)=O. The molecule has 0 bridgehead atoms. The molecule has 0 fully saturated rings. The second kappa shape index (κ2) is 10.6. The summed E-state index contributed by atoms with van der Waals surface area (Å²) in [4.78, 5) is 22.9. The molecule has 0 atom stereocenters. The Kier molecular flexibility index (Phi) is 10.0. The lowest BCUT2D eigenvalue weighted by Crippen LogP contribution is -2.36. The first-order chi connectivity index (χ1) is 10.9. The first-order valence-corrected chi connectivity index (χ1v) is 10.7. The van der Waals surface area contributed by atoms with Crippen molar-refractivity contribution in [2.24, 2.45) is 5.92 Å². The third kappa shape index (κ3) is 15.6. The summed E-state index contributed by atoms with van der Waals surface area (Å²) in [7, 11) is -7.12. The van der Waals surface area contributed by atoms with Crippen molar-refractivity contribution in [1.29, 1.82) is 0 Å². The zero-order chi connectivity index (χ0) is 18.8. The van der Waals surface area contributed by atoms with Crippen LogP contribution in [0.5, 0.6) is 0 Å². The molecule has 0 aliphatic carbocycles. The molecule has 0 saturated heterocycles. The number of carbonyl (C=O) groups excluding carboxylic acids is 2. The third-order valence-corrected chi connectivity index (χ3v) is 3.74. The molecule has 2 amide bonds. The lowest BCUT2D eigenvalue weighted by molar-refractivity contribution is -0.121. The number of nitrogens with one attached hydrogen (secondary N) is 2. The van der Waals surface area contributed by atoms with Crippen molar-refractivity contribution in [3.63, 3.8) is 0 Å². The van der Waals surface area contributed by atoms with Crippen LogP contribution in [-0.2, 0) is 38.2 Å². The predicted molar refractivity (Wildman–Crippen MR) is 86.0 cm³/mol. The summed E-state index contributed by atoms with van der Waals surface area (Å²) in [5.41, 5.74) is 0. The van der Waals surface area contributed by atoms with Gasteiger partial charge in [0.1, 0.15) is 0 Å². The van der Waals surface area contributed by atoms with Crippen molar-refractivity contribution >= 4 is 32.1 Å². The largest absolute Gasteiger partial charge is 0.356 e. The van der Waals surface area contributed by atoms with Crippen molar-refractivity contribution in [3.8, 4) is 0 Å². The molecule has 0 aromatic carbocycles. The summed E-state index contributed by atoms with van der Waals surface area (Å²) in [6.07, 6.45) is 1.62. The van der Waals surface area contributed by atoms with Gasteiger partial charge in [-0.3, -0.25) is 18.0 Å². The Bertz CT molecular complexity index is 561. The molecule has 0 saturated carbocycles. The number of hydrogen-bond donors (Lipinski definition) is 2. The second-order valence-electron chi connectivity index (χ2n) is 5.27. The van der Waals surface area contributed by atoms with E-state index in [-0.39, 0.29) is 56.9 Å². The molecule has 0 radical (unpaired) electrons. The maximum absolute atomic E-state index is 11.5. The highest BCUT2D eigenvalue weighted by Gasteiger charge is 2.10. The highest BCUT2D eigenvalue weighted by molar-refractivity contribution is 7.86. The van der Waals surface area contributed by atoms with Gasteiger partial charge < -0.3 is 10.6 Å². The van der Waals surface area contributed by atoms with E-state index in [4.69, 9.17) is 0 Å². The zero-order valence-corrected chi connectivity index (χ0v) is 15.5. The average molecular weight is 388 g/mol. The van der Waals surface area contributed by atoms with Crippen molar-refractivity contribution in [3.05, 3.63) is 0 Å².